The third kappa shape index (κ3) is 3.86. The summed E-state index contributed by atoms with van der Waals surface area (Å²) in [6, 6.07) is 5.25. The number of nitro groups is 1. The summed E-state index contributed by atoms with van der Waals surface area (Å²) >= 11 is 1.66. The summed E-state index contributed by atoms with van der Waals surface area (Å²) in [6.07, 6.45) is 1.82. The van der Waals surface area contributed by atoms with Gasteiger partial charge in [-0.1, -0.05) is 19.1 Å². The number of hydrogen-bond acceptors (Lipinski definition) is 5. The normalized spacial score (nSPS) is 12.6. The Morgan fingerprint density at radius 2 is 2.24 bits per heavy atom. The Kier molecular flexibility index (Phi) is 5.03. The molecule has 0 aliphatic carbocycles. The Hall–Kier alpha value is -1.79. The van der Waals surface area contributed by atoms with Crippen molar-refractivity contribution in [3.63, 3.8) is 0 Å². The summed E-state index contributed by atoms with van der Waals surface area (Å²) in [5, 5.41) is 14.1. The van der Waals surface area contributed by atoms with Crippen LogP contribution in [0.15, 0.2) is 29.8 Å². The number of benzene rings is 1. The molecule has 0 saturated carbocycles. The molecular weight excluding hydrogens is 286 g/mol. The molecule has 1 aromatic carbocycles. The first-order valence-corrected chi connectivity index (χ1v) is 7.67. The van der Waals surface area contributed by atoms with Gasteiger partial charge in [0.05, 0.1) is 9.93 Å². The van der Waals surface area contributed by atoms with Crippen LogP contribution in [0.2, 0.25) is 0 Å². The number of nitro benzene ring substituents is 1. The Balaban J connectivity index is 2.04. The van der Waals surface area contributed by atoms with Crippen LogP contribution in [-0.2, 0) is 6.54 Å². The van der Waals surface area contributed by atoms with Gasteiger partial charge in [0, 0.05) is 42.2 Å². The highest BCUT2D eigenvalue weighted by molar-refractivity contribution is 7.09. The van der Waals surface area contributed by atoms with Crippen molar-refractivity contribution in [2.45, 2.75) is 26.3 Å². The SMILES string of the molecule is Cc1c(CN(C)C[C@H](C)c2nccs2)cccc1[N+](=O)[O-]. The highest BCUT2D eigenvalue weighted by Gasteiger charge is 2.16. The first kappa shape index (κ1) is 15.6. The van der Waals surface area contributed by atoms with Gasteiger partial charge in [0.15, 0.2) is 0 Å². The molecule has 0 aliphatic rings. The number of likely N-dealkylation sites (N-methyl/N-ethyl adjacent to an activating group) is 1. The molecule has 21 heavy (non-hydrogen) atoms. The number of aromatic nitrogens is 1. The van der Waals surface area contributed by atoms with E-state index in [9.17, 15) is 10.1 Å². The second kappa shape index (κ2) is 6.78. The third-order valence-corrected chi connectivity index (χ3v) is 4.52. The molecule has 1 atom stereocenters. The van der Waals surface area contributed by atoms with Gasteiger partial charge < -0.3 is 4.90 Å². The van der Waals surface area contributed by atoms with E-state index in [-0.39, 0.29) is 10.6 Å². The molecule has 2 aromatic rings. The smallest absolute Gasteiger partial charge is 0.272 e. The van der Waals surface area contributed by atoms with Crippen LogP contribution in [0.4, 0.5) is 5.69 Å². The number of rotatable bonds is 6. The minimum atomic E-state index is -0.322. The van der Waals surface area contributed by atoms with Crippen LogP contribution >= 0.6 is 11.3 Å². The van der Waals surface area contributed by atoms with Gasteiger partial charge in [-0.3, -0.25) is 10.1 Å². The van der Waals surface area contributed by atoms with Crippen molar-refractivity contribution >= 4 is 17.0 Å². The highest BCUT2D eigenvalue weighted by atomic mass is 32.1. The minimum Gasteiger partial charge on any atom is -0.301 e. The molecule has 112 valence electrons. The van der Waals surface area contributed by atoms with Crippen molar-refractivity contribution in [2.75, 3.05) is 13.6 Å². The number of hydrogen-bond donors (Lipinski definition) is 0. The van der Waals surface area contributed by atoms with Crippen LogP contribution in [0.3, 0.4) is 0 Å². The average molecular weight is 305 g/mol. The van der Waals surface area contributed by atoms with Gasteiger partial charge in [-0.2, -0.15) is 0 Å². The molecular formula is C15H19N3O2S. The summed E-state index contributed by atoms with van der Waals surface area (Å²) in [7, 11) is 2.03. The molecule has 0 saturated heterocycles. The third-order valence-electron chi connectivity index (χ3n) is 3.51. The summed E-state index contributed by atoms with van der Waals surface area (Å²) < 4.78 is 0. The molecule has 0 bridgehead atoms. The summed E-state index contributed by atoms with van der Waals surface area (Å²) in [5.41, 5.74) is 1.93. The number of thiazole rings is 1. The zero-order chi connectivity index (χ0) is 15.4. The van der Waals surface area contributed by atoms with Crippen molar-refractivity contribution in [3.8, 4) is 0 Å². The predicted octanol–water partition coefficient (Wildman–Crippen LogP) is 3.60. The quantitative estimate of drug-likeness (QED) is 0.604. The van der Waals surface area contributed by atoms with Crippen LogP contribution in [0, 0.1) is 17.0 Å². The lowest BCUT2D eigenvalue weighted by molar-refractivity contribution is -0.385. The van der Waals surface area contributed by atoms with Gasteiger partial charge in [0.2, 0.25) is 0 Å². The Morgan fingerprint density at radius 3 is 2.86 bits per heavy atom. The standard InChI is InChI=1S/C15H19N3O2S/c1-11(15-16-7-8-21-15)9-17(3)10-13-5-4-6-14(12(13)2)18(19)20/h4-8,11H,9-10H2,1-3H3/t11-/m0/s1. The number of nitrogens with zero attached hydrogens (tertiary/aromatic N) is 3. The van der Waals surface area contributed by atoms with Crippen molar-refractivity contribution in [1.29, 1.82) is 0 Å². The van der Waals surface area contributed by atoms with Gasteiger partial charge in [0.1, 0.15) is 0 Å². The van der Waals surface area contributed by atoms with Gasteiger partial charge in [-0.05, 0) is 19.5 Å². The van der Waals surface area contributed by atoms with Crippen molar-refractivity contribution in [3.05, 3.63) is 56.0 Å². The fourth-order valence-corrected chi connectivity index (χ4v) is 3.11. The molecule has 0 N–H and O–H groups in total. The zero-order valence-corrected chi connectivity index (χ0v) is 13.3. The Labute approximate surface area is 128 Å². The molecule has 5 nitrogen and oxygen atoms in total. The van der Waals surface area contributed by atoms with Crippen LogP contribution in [0.1, 0.15) is 29.0 Å². The van der Waals surface area contributed by atoms with E-state index in [0.717, 1.165) is 22.7 Å². The van der Waals surface area contributed by atoms with Gasteiger partial charge in [-0.25, -0.2) is 4.98 Å². The van der Waals surface area contributed by atoms with E-state index in [1.165, 1.54) is 0 Å². The van der Waals surface area contributed by atoms with Gasteiger partial charge in [-0.15, -0.1) is 11.3 Å². The first-order valence-electron chi connectivity index (χ1n) is 6.80. The molecule has 6 heteroatoms. The summed E-state index contributed by atoms with van der Waals surface area (Å²) in [5.74, 6) is 0.356. The van der Waals surface area contributed by atoms with E-state index >= 15 is 0 Å². The largest absolute Gasteiger partial charge is 0.301 e. The Bertz CT molecular complexity index is 613. The lowest BCUT2D eigenvalue weighted by Gasteiger charge is -2.21. The molecule has 0 aliphatic heterocycles. The summed E-state index contributed by atoms with van der Waals surface area (Å²) in [4.78, 5) is 17.2. The molecule has 0 spiro atoms. The maximum absolute atomic E-state index is 11.0. The molecule has 1 aromatic heterocycles. The van der Waals surface area contributed by atoms with Crippen LogP contribution in [0.25, 0.3) is 0 Å². The van der Waals surface area contributed by atoms with Crippen molar-refractivity contribution in [2.24, 2.45) is 0 Å². The van der Waals surface area contributed by atoms with Crippen molar-refractivity contribution < 1.29 is 4.92 Å². The second-order valence-electron chi connectivity index (χ2n) is 5.29. The van der Waals surface area contributed by atoms with Crippen LogP contribution in [-0.4, -0.2) is 28.4 Å². The zero-order valence-electron chi connectivity index (χ0n) is 12.4. The maximum atomic E-state index is 11.0. The molecule has 2 rings (SSSR count). The van der Waals surface area contributed by atoms with E-state index in [1.807, 2.05) is 31.6 Å². The van der Waals surface area contributed by atoms with E-state index in [2.05, 4.69) is 16.8 Å². The van der Waals surface area contributed by atoms with Crippen LogP contribution in [0.5, 0.6) is 0 Å². The molecule has 0 radical (unpaired) electrons. The molecule has 0 unspecified atom stereocenters. The topological polar surface area (TPSA) is 59.3 Å². The van der Waals surface area contributed by atoms with E-state index < -0.39 is 0 Å². The second-order valence-corrected chi connectivity index (χ2v) is 6.21. The fourth-order valence-electron chi connectivity index (χ4n) is 2.42. The molecule has 0 amide bonds. The van der Waals surface area contributed by atoms with E-state index in [0.29, 0.717) is 12.5 Å². The highest BCUT2D eigenvalue weighted by Crippen LogP contribution is 2.23. The van der Waals surface area contributed by atoms with E-state index in [1.54, 1.807) is 23.5 Å². The monoisotopic (exact) mass is 305 g/mol. The average Bonchev–Trinajstić information content (AvgIpc) is 2.94. The van der Waals surface area contributed by atoms with Crippen molar-refractivity contribution in [1.82, 2.24) is 9.88 Å². The maximum Gasteiger partial charge on any atom is 0.272 e. The van der Waals surface area contributed by atoms with Crippen LogP contribution < -0.4 is 0 Å². The molecule has 0 fully saturated rings. The van der Waals surface area contributed by atoms with Gasteiger partial charge in [0.25, 0.3) is 5.69 Å². The van der Waals surface area contributed by atoms with Gasteiger partial charge >= 0.3 is 0 Å². The van der Waals surface area contributed by atoms with E-state index in [4.69, 9.17) is 0 Å². The lowest BCUT2D eigenvalue weighted by Crippen LogP contribution is -2.23. The molecule has 1 heterocycles. The first-order chi connectivity index (χ1) is 9.99. The predicted molar refractivity (Wildman–Crippen MR) is 84.7 cm³/mol. The Morgan fingerprint density at radius 1 is 1.48 bits per heavy atom. The lowest BCUT2D eigenvalue weighted by atomic mass is 10.1. The fraction of sp³-hybridized carbons (Fsp3) is 0.400. The minimum absolute atomic E-state index is 0.189. The summed E-state index contributed by atoms with van der Waals surface area (Å²) in [6.45, 7) is 5.53.